The molecule has 8 N–H and O–H groups in total. The van der Waals surface area contributed by atoms with Gasteiger partial charge >= 0.3 is 15.2 Å². The molecular formula is C24H36N4O13P2. The molecule has 10 atom stereocenters. The zero-order valence-corrected chi connectivity index (χ0v) is 25.1. The topological polar surface area (TPSA) is 254 Å². The molecule has 0 radical (unpaired) electrons. The van der Waals surface area contributed by atoms with E-state index in [0.29, 0.717) is 0 Å². The van der Waals surface area contributed by atoms with E-state index in [-0.39, 0.29) is 24.0 Å². The third kappa shape index (κ3) is 8.01. The van der Waals surface area contributed by atoms with Crippen LogP contribution in [-0.4, -0.2) is 118 Å². The summed E-state index contributed by atoms with van der Waals surface area (Å²) in [7, 11) is -8.22. The van der Waals surface area contributed by atoms with Crippen molar-refractivity contribution in [3.8, 4) is 0 Å². The Morgan fingerprint density at radius 1 is 0.791 bits per heavy atom. The molecule has 0 bridgehead atoms. The van der Waals surface area contributed by atoms with Gasteiger partial charge in [0.1, 0.15) is 36.6 Å². The van der Waals surface area contributed by atoms with Gasteiger partial charge in [0.15, 0.2) is 12.5 Å². The van der Waals surface area contributed by atoms with Crippen molar-refractivity contribution in [2.75, 3.05) is 26.5 Å². The molecule has 4 heterocycles. The number of ether oxygens (including phenoxy) is 2. The van der Waals surface area contributed by atoms with Gasteiger partial charge in [0.05, 0.1) is 13.2 Å². The first-order valence-electron chi connectivity index (χ1n) is 13.2. The number of aliphatic hydroxyl groups is 4. The lowest BCUT2D eigenvalue weighted by molar-refractivity contribution is -0.115. The van der Waals surface area contributed by atoms with Gasteiger partial charge in [-0.15, -0.1) is 0 Å². The lowest BCUT2D eigenvalue weighted by atomic mass is 10.1. The number of rotatable bonds is 12. The number of allylic oxidation sites excluding steroid dienone is 2. The van der Waals surface area contributed by atoms with Crippen LogP contribution in [0.3, 0.4) is 0 Å². The minimum atomic E-state index is -4.11. The van der Waals surface area contributed by atoms with Crippen LogP contribution in [0.5, 0.6) is 0 Å². The Balaban J connectivity index is 1.29. The summed E-state index contributed by atoms with van der Waals surface area (Å²) in [4.78, 5) is 25.7. The van der Waals surface area contributed by atoms with Crippen molar-refractivity contribution in [2.45, 2.75) is 61.9 Å². The number of nitrogens with zero attached hydrogens (tertiary/aromatic N) is 2. The number of carbonyl (C=O) groups is 2. The Hall–Kier alpha value is -2.40. The van der Waals surface area contributed by atoms with Crippen LogP contribution in [0.4, 0.5) is 0 Å². The number of carbonyl (C=O) groups excluding carboxylic acids is 2. The fourth-order valence-electron chi connectivity index (χ4n) is 4.76. The highest BCUT2D eigenvalue weighted by molar-refractivity contribution is 7.66. The molecule has 17 nitrogen and oxygen atoms in total. The summed E-state index contributed by atoms with van der Waals surface area (Å²) < 4.78 is 53.0. The van der Waals surface area contributed by atoms with Crippen LogP contribution in [0.2, 0.25) is 0 Å². The normalized spacial score (nSPS) is 35.3. The molecule has 240 valence electrons. The quantitative estimate of drug-likeness (QED) is 0.135. The summed E-state index contributed by atoms with van der Waals surface area (Å²) in [6.45, 7) is 0.968. The van der Waals surface area contributed by atoms with E-state index in [4.69, 9.17) is 34.3 Å². The van der Waals surface area contributed by atoms with Gasteiger partial charge in [0.2, 0.25) is 11.8 Å². The van der Waals surface area contributed by atoms with Crippen LogP contribution < -0.4 is 11.5 Å². The number of hydrogen-bond donors (Lipinski definition) is 6. The lowest BCUT2D eigenvalue weighted by Gasteiger charge is -2.28. The average Bonchev–Trinajstić information content (AvgIpc) is 3.40. The summed E-state index contributed by atoms with van der Waals surface area (Å²) in [6, 6.07) is 0. The largest absolute Gasteiger partial charge is 0.387 e. The molecule has 2 amide bonds. The Kier molecular flexibility index (Phi) is 10.4. The van der Waals surface area contributed by atoms with E-state index in [0.717, 1.165) is 13.3 Å². The van der Waals surface area contributed by atoms with Crippen LogP contribution in [0, 0.1) is 0 Å². The summed E-state index contributed by atoms with van der Waals surface area (Å²) in [5.41, 5.74) is 11.1. The zero-order chi connectivity index (χ0) is 31.7. The summed E-state index contributed by atoms with van der Waals surface area (Å²) >= 11 is 0. The maximum Gasteiger partial charge on any atom is 0.334 e. The standard InChI is InChI=1S/C24H36N4O13P2/c1-42(35,37-11-15-17(29)19(31)23(39-15)27-7-3-5-13(9-27)21(25)33)41-43(2,36)38-12-16-18(30)20(32)24(40-16)28-8-4-6-14(10-28)22(26)34/h3-4,7-10,15-20,23-24,29-32H,5-6,11-12H2,1-2H3,(H2,25,33)(H2,26,34)/t15-,16-,17-,18-,19-,20-,23+,24+,42?,43?/m1/s1. The van der Waals surface area contributed by atoms with Crippen LogP contribution in [0.25, 0.3) is 0 Å². The highest BCUT2D eigenvalue weighted by Gasteiger charge is 2.47. The molecule has 0 saturated carbocycles. The molecule has 0 aromatic rings. The lowest BCUT2D eigenvalue weighted by Crippen LogP contribution is -2.40. The van der Waals surface area contributed by atoms with Gasteiger partial charge in [-0.2, -0.15) is 0 Å². The van der Waals surface area contributed by atoms with Crippen molar-refractivity contribution in [3.05, 3.63) is 48.1 Å². The monoisotopic (exact) mass is 650 g/mol. The molecular weight excluding hydrogens is 614 g/mol. The number of primary amides is 2. The van der Waals surface area contributed by atoms with Gasteiger partial charge in [-0.3, -0.25) is 18.7 Å². The Morgan fingerprint density at radius 2 is 1.16 bits per heavy atom. The van der Waals surface area contributed by atoms with E-state index in [9.17, 15) is 39.1 Å². The van der Waals surface area contributed by atoms with Crippen LogP contribution in [0.1, 0.15) is 12.8 Å². The van der Waals surface area contributed by atoms with Crippen molar-refractivity contribution in [2.24, 2.45) is 11.5 Å². The molecule has 2 saturated heterocycles. The zero-order valence-electron chi connectivity index (χ0n) is 23.3. The fraction of sp³-hybridized carbons (Fsp3) is 0.583. The third-order valence-corrected chi connectivity index (χ3v) is 10.6. The fourth-order valence-corrected chi connectivity index (χ4v) is 8.13. The highest BCUT2D eigenvalue weighted by atomic mass is 31.3. The smallest absolute Gasteiger partial charge is 0.334 e. The van der Waals surface area contributed by atoms with Crippen LogP contribution in [-0.2, 0) is 41.6 Å². The molecule has 0 aromatic heterocycles. The van der Waals surface area contributed by atoms with Crippen LogP contribution >= 0.6 is 15.2 Å². The van der Waals surface area contributed by atoms with Crippen molar-refractivity contribution < 1.29 is 62.0 Å². The predicted octanol–water partition coefficient (Wildman–Crippen LogP) is -1.25. The second kappa shape index (κ2) is 13.3. The maximum absolute atomic E-state index is 13.0. The molecule has 0 aliphatic carbocycles. The molecule has 0 aromatic carbocycles. The molecule has 2 fully saturated rings. The minimum Gasteiger partial charge on any atom is -0.387 e. The van der Waals surface area contributed by atoms with Crippen molar-refractivity contribution in [1.82, 2.24) is 9.80 Å². The van der Waals surface area contributed by atoms with Gasteiger partial charge in [-0.05, 0) is 12.8 Å². The van der Waals surface area contributed by atoms with Gasteiger partial charge < -0.3 is 60.2 Å². The first-order valence-corrected chi connectivity index (χ1v) is 17.1. The highest BCUT2D eigenvalue weighted by Crippen LogP contribution is 2.61. The van der Waals surface area contributed by atoms with Gasteiger partial charge in [0, 0.05) is 49.3 Å². The maximum atomic E-state index is 13.0. The number of aliphatic hydroxyl groups excluding tert-OH is 4. The number of nitrogens with two attached hydrogens (primary N) is 2. The summed E-state index contributed by atoms with van der Waals surface area (Å²) in [5, 5.41) is 41.9. The van der Waals surface area contributed by atoms with Gasteiger partial charge in [-0.25, -0.2) is 4.31 Å². The first kappa shape index (κ1) is 33.5. The van der Waals surface area contributed by atoms with E-state index < -0.39 is 89.3 Å². The molecule has 4 aliphatic rings. The number of amides is 2. The van der Waals surface area contributed by atoms with Crippen molar-refractivity contribution >= 4 is 27.0 Å². The molecule has 4 rings (SSSR count). The van der Waals surface area contributed by atoms with Crippen molar-refractivity contribution in [3.63, 3.8) is 0 Å². The number of hydrogen-bond acceptors (Lipinski definition) is 15. The molecule has 4 aliphatic heterocycles. The second-order valence-corrected chi connectivity index (χ2v) is 14.7. The van der Waals surface area contributed by atoms with Gasteiger partial charge in [-0.1, -0.05) is 12.2 Å². The third-order valence-electron chi connectivity index (χ3n) is 6.98. The molecule has 2 unspecified atom stereocenters. The summed E-state index contributed by atoms with van der Waals surface area (Å²) in [5.74, 6) is -1.31. The van der Waals surface area contributed by atoms with E-state index in [1.165, 1.54) is 22.2 Å². The average molecular weight is 651 g/mol. The Labute approximate surface area is 247 Å². The minimum absolute atomic E-state index is 0.260. The van der Waals surface area contributed by atoms with E-state index in [1.807, 2.05) is 0 Å². The van der Waals surface area contributed by atoms with E-state index in [2.05, 4.69) is 0 Å². The van der Waals surface area contributed by atoms with E-state index in [1.54, 1.807) is 24.6 Å². The summed E-state index contributed by atoms with van der Waals surface area (Å²) in [6.07, 6.45) is -0.716. The molecule has 43 heavy (non-hydrogen) atoms. The second-order valence-electron chi connectivity index (χ2n) is 10.4. The molecule has 0 spiro atoms. The Bertz CT molecular complexity index is 1210. The molecule has 19 heteroatoms. The van der Waals surface area contributed by atoms with Crippen LogP contribution in [0.15, 0.2) is 48.1 Å². The SMILES string of the molecule is CP(=O)(OC[C@H]1O[C@H](N2C=CCC(C(N)=O)=C2)[C@H](O)[C@@H]1O)OP(C)(=O)OC[C@H]1O[C@H](N2C=CCC(C(N)=O)=C2)[C@H](O)[C@@H]1O. The first-order chi connectivity index (χ1) is 20.1. The Morgan fingerprint density at radius 3 is 1.51 bits per heavy atom. The van der Waals surface area contributed by atoms with E-state index >= 15 is 0 Å². The van der Waals surface area contributed by atoms with Crippen molar-refractivity contribution in [1.29, 1.82) is 0 Å². The predicted molar refractivity (Wildman–Crippen MR) is 147 cm³/mol. The van der Waals surface area contributed by atoms with Gasteiger partial charge in [0.25, 0.3) is 0 Å².